The van der Waals surface area contributed by atoms with E-state index in [0.717, 1.165) is 36.2 Å². The van der Waals surface area contributed by atoms with Crippen molar-refractivity contribution in [1.82, 2.24) is 15.1 Å². The van der Waals surface area contributed by atoms with E-state index in [0.29, 0.717) is 6.04 Å². The van der Waals surface area contributed by atoms with E-state index in [1.807, 2.05) is 31.3 Å². The zero-order chi connectivity index (χ0) is 13.8. The first-order valence-electron chi connectivity index (χ1n) is 6.50. The maximum atomic E-state index is 12.4. The van der Waals surface area contributed by atoms with E-state index < -0.39 is 0 Å². The van der Waals surface area contributed by atoms with E-state index in [4.69, 9.17) is 0 Å². The van der Waals surface area contributed by atoms with E-state index >= 15 is 0 Å². The molecule has 5 heteroatoms. The largest absolute Gasteiger partial charge is 0.340 e. The summed E-state index contributed by atoms with van der Waals surface area (Å²) in [5.74, 6) is 0.0615. The summed E-state index contributed by atoms with van der Waals surface area (Å²) >= 11 is 3.43. The van der Waals surface area contributed by atoms with Crippen LogP contribution < -0.4 is 5.32 Å². The summed E-state index contributed by atoms with van der Waals surface area (Å²) in [4.78, 5) is 16.5. The number of likely N-dealkylation sites (N-methyl/N-ethyl adjacent to an activating group) is 2. The van der Waals surface area contributed by atoms with E-state index in [1.165, 1.54) is 0 Å². The quantitative estimate of drug-likeness (QED) is 0.913. The zero-order valence-electron chi connectivity index (χ0n) is 11.4. The standard InChI is InChI=1S/C14H20BrN3O/c1-17-8-7-16-9-11(17)10-18(2)14(19)12-5-3-4-6-13(12)15/h3-6,11,16H,7-10H2,1-2H3. The summed E-state index contributed by atoms with van der Waals surface area (Å²) in [5, 5.41) is 3.37. The highest BCUT2D eigenvalue weighted by Crippen LogP contribution is 2.17. The molecule has 1 aromatic carbocycles. The van der Waals surface area contributed by atoms with Crippen molar-refractivity contribution in [3.05, 3.63) is 34.3 Å². The minimum absolute atomic E-state index is 0.0615. The summed E-state index contributed by atoms with van der Waals surface area (Å²) in [7, 11) is 3.98. The Morgan fingerprint density at radius 1 is 1.53 bits per heavy atom. The Bertz CT molecular complexity index is 452. The Morgan fingerprint density at radius 2 is 2.26 bits per heavy atom. The Labute approximate surface area is 122 Å². The summed E-state index contributed by atoms with van der Waals surface area (Å²) in [6.45, 7) is 3.73. The van der Waals surface area contributed by atoms with Crippen molar-refractivity contribution in [2.24, 2.45) is 0 Å². The van der Waals surface area contributed by atoms with Gasteiger partial charge in [0.15, 0.2) is 0 Å². The van der Waals surface area contributed by atoms with Crippen LogP contribution in [0.15, 0.2) is 28.7 Å². The zero-order valence-corrected chi connectivity index (χ0v) is 13.0. The first-order valence-corrected chi connectivity index (χ1v) is 7.30. The lowest BCUT2D eigenvalue weighted by atomic mass is 10.1. The van der Waals surface area contributed by atoms with Gasteiger partial charge in [0.2, 0.25) is 0 Å². The maximum absolute atomic E-state index is 12.4. The van der Waals surface area contributed by atoms with Gasteiger partial charge in [-0.2, -0.15) is 0 Å². The predicted molar refractivity (Wildman–Crippen MR) is 80.4 cm³/mol. The highest BCUT2D eigenvalue weighted by Gasteiger charge is 2.23. The number of carbonyl (C=O) groups excluding carboxylic acids is 1. The van der Waals surface area contributed by atoms with Crippen molar-refractivity contribution in [3.8, 4) is 0 Å². The predicted octanol–water partition coefficient (Wildman–Crippen LogP) is 1.42. The van der Waals surface area contributed by atoms with Crippen molar-refractivity contribution in [2.45, 2.75) is 6.04 Å². The second-order valence-corrected chi connectivity index (χ2v) is 5.86. The molecule has 1 heterocycles. The molecule has 1 aliphatic heterocycles. The Morgan fingerprint density at radius 3 is 2.95 bits per heavy atom. The molecule has 0 aromatic heterocycles. The van der Waals surface area contributed by atoms with E-state index in [2.05, 4.69) is 33.2 Å². The minimum Gasteiger partial charge on any atom is -0.340 e. The Hall–Kier alpha value is -0.910. The lowest BCUT2D eigenvalue weighted by Gasteiger charge is -2.35. The third-order valence-electron chi connectivity index (χ3n) is 3.58. The van der Waals surface area contributed by atoms with Gasteiger partial charge >= 0.3 is 0 Å². The van der Waals surface area contributed by atoms with E-state index in [9.17, 15) is 4.79 Å². The second kappa shape index (κ2) is 6.50. The monoisotopic (exact) mass is 325 g/mol. The molecule has 1 amide bonds. The number of rotatable bonds is 3. The van der Waals surface area contributed by atoms with Crippen LogP contribution in [0, 0.1) is 0 Å². The van der Waals surface area contributed by atoms with Gasteiger partial charge in [-0.05, 0) is 35.1 Å². The molecule has 1 N–H and O–H groups in total. The van der Waals surface area contributed by atoms with Gasteiger partial charge in [-0.15, -0.1) is 0 Å². The van der Waals surface area contributed by atoms with Crippen molar-refractivity contribution < 1.29 is 4.79 Å². The average molecular weight is 326 g/mol. The molecule has 1 fully saturated rings. The number of halogens is 1. The molecule has 104 valence electrons. The Kier molecular flexibility index (Phi) is 4.96. The third-order valence-corrected chi connectivity index (χ3v) is 4.27. The van der Waals surface area contributed by atoms with Crippen LogP contribution in [-0.2, 0) is 0 Å². The lowest BCUT2D eigenvalue weighted by molar-refractivity contribution is 0.0728. The number of nitrogens with zero attached hydrogens (tertiary/aromatic N) is 2. The van der Waals surface area contributed by atoms with Gasteiger partial charge in [0, 0.05) is 43.7 Å². The number of piperazine rings is 1. The fourth-order valence-corrected chi connectivity index (χ4v) is 2.76. The van der Waals surface area contributed by atoms with Crippen molar-refractivity contribution >= 4 is 21.8 Å². The molecule has 1 aromatic rings. The highest BCUT2D eigenvalue weighted by molar-refractivity contribution is 9.10. The fourth-order valence-electron chi connectivity index (χ4n) is 2.31. The maximum Gasteiger partial charge on any atom is 0.254 e. The second-order valence-electron chi connectivity index (χ2n) is 5.00. The van der Waals surface area contributed by atoms with Crippen molar-refractivity contribution in [3.63, 3.8) is 0 Å². The third kappa shape index (κ3) is 3.55. The van der Waals surface area contributed by atoms with Crippen LogP contribution in [0.25, 0.3) is 0 Å². The molecule has 1 aliphatic rings. The molecule has 1 atom stereocenters. The number of hydrogen-bond acceptors (Lipinski definition) is 3. The van der Waals surface area contributed by atoms with Gasteiger partial charge in [0.05, 0.1) is 5.56 Å². The van der Waals surface area contributed by atoms with E-state index in [1.54, 1.807) is 4.90 Å². The van der Waals surface area contributed by atoms with Crippen LogP contribution >= 0.6 is 15.9 Å². The molecule has 1 saturated heterocycles. The summed E-state index contributed by atoms with van der Waals surface area (Å²) in [5.41, 5.74) is 0.719. The van der Waals surface area contributed by atoms with Crippen LogP contribution in [0.3, 0.4) is 0 Å². The van der Waals surface area contributed by atoms with Crippen LogP contribution in [0.2, 0.25) is 0 Å². The SMILES string of the molecule is CN(CC1CNCCN1C)C(=O)c1ccccc1Br. The first kappa shape index (κ1) is 14.5. The molecule has 1 unspecified atom stereocenters. The summed E-state index contributed by atoms with van der Waals surface area (Å²) in [6, 6.07) is 7.94. The number of carbonyl (C=O) groups is 1. The molecular formula is C14H20BrN3O. The van der Waals surface area contributed by atoms with Gasteiger partial charge in [0.1, 0.15) is 0 Å². The molecule has 4 nitrogen and oxygen atoms in total. The molecular weight excluding hydrogens is 306 g/mol. The number of benzene rings is 1. The summed E-state index contributed by atoms with van der Waals surface area (Å²) in [6.07, 6.45) is 0. The molecule has 2 rings (SSSR count). The molecule has 0 radical (unpaired) electrons. The van der Waals surface area contributed by atoms with Crippen LogP contribution in [-0.4, -0.2) is 62.0 Å². The van der Waals surface area contributed by atoms with Gasteiger partial charge in [0.25, 0.3) is 5.91 Å². The molecule has 0 saturated carbocycles. The first-order chi connectivity index (χ1) is 9.09. The fraction of sp³-hybridized carbons (Fsp3) is 0.500. The van der Waals surface area contributed by atoms with Crippen LogP contribution in [0.1, 0.15) is 10.4 Å². The Balaban J connectivity index is 2.01. The molecule has 19 heavy (non-hydrogen) atoms. The van der Waals surface area contributed by atoms with Gasteiger partial charge in [-0.25, -0.2) is 0 Å². The number of amides is 1. The molecule has 0 aliphatic carbocycles. The van der Waals surface area contributed by atoms with Gasteiger partial charge in [-0.3, -0.25) is 9.69 Å². The average Bonchev–Trinajstić information content (AvgIpc) is 2.41. The highest BCUT2D eigenvalue weighted by atomic mass is 79.9. The summed E-state index contributed by atoms with van der Waals surface area (Å²) < 4.78 is 0.849. The smallest absolute Gasteiger partial charge is 0.254 e. The molecule has 0 bridgehead atoms. The topological polar surface area (TPSA) is 35.6 Å². The number of nitrogens with one attached hydrogen (secondary N) is 1. The van der Waals surface area contributed by atoms with Crippen molar-refractivity contribution in [1.29, 1.82) is 0 Å². The van der Waals surface area contributed by atoms with E-state index in [-0.39, 0.29) is 5.91 Å². The lowest BCUT2D eigenvalue weighted by Crippen LogP contribution is -2.54. The van der Waals surface area contributed by atoms with Gasteiger partial charge in [-0.1, -0.05) is 12.1 Å². The van der Waals surface area contributed by atoms with Crippen molar-refractivity contribution in [2.75, 3.05) is 40.3 Å². The minimum atomic E-state index is 0.0615. The normalized spacial score (nSPS) is 20.3. The number of hydrogen-bond donors (Lipinski definition) is 1. The molecule has 0 spiro atoms. The van der Waals surface area contributed by atoms with Gasteiger partial charge < -0.3 is 10.2 Å². The van der Waals surface area contributed by atoms with Crippen LogP contribution in [0.4, 0.5) is 0 Å². The van der Waals surface area contributed by atoms with Crippen LogP contribution in [0.5, 0.6) is 0 Å².